The van der Waals surface area contributed by atoms with Crippen LogP contribution in [0.1, 0.15) is 12.2 Å². The Bertz CT molecular complexity index is 1270. The summed E-state index contributed by atoms with van der Waals surface area (Å²) >= 11 is 0. The van der Waals surface area contributed by atoms with Crippen molar-refractivity contribution in [3.63, 3.8) is 0 Å². The van der Waals surface area contributed by atoms with Gasteiger partial charge in [-0.05, 0) is 42.5 Å². The molecule has 1 amide bonds. The third-order valence-corrected chi connectivity index (χ3v) is 7.39. The third kappa shape index (κ3) is 5.34. The molecular weight excluding hydrogens is 470 g/mol. The SMILES string of the molecule is Cn1c(CCC(=O)Nc2ccc(OC(F)F)cc2)nc2cc(S(=O)(=O)N3CCOCC3)ccc21. The molecule has 0 bridgehead atoms. The first-order chi connectivity index (χ1) is 16.2. The minimum absolute atomic E-state index is 0.00250. The van der Waals surface area contributed by atoms with Crippen LogP contribution in [-0.4, -0.2) is 61.1 Å². The van der Waals surface area contributed by atoms with Crippen LogP contribution in [0.4, 0.5) is 14.5 Å². The van der Waals surface area contributed by atoms with E-state index in [0.29, 0.717) is 49.8 Å². The van der Waals surface area contributed by atoms with Crippen LogP contribution in [0.2, 0.25) is 0 Å². The molecule has 4 rings (SSSR count). The van der Waals surface area contributed by atoms with Gasteiger partial charge in [-0.2, -0.15) is 13.1 Å². The molecule has 34 heavy (non-hydrogen) atoms. The number of sulfonamides is 1. The van der Waals surface area contributed by atoms with Gasteiger partial charge in [0, 0.05) is 38.7 Å². The molecule has 1 aromatic heterocycles. The second-order valence-electron chi connectivity index (χ2n) is 7.71. The van der Waals surface area contributed by atoms with Crippen molar-refractivity contribution in [2.45, 2.75) is 24.3 Å². The topological polar surface area (TPSA) is 103 Å². The smallest absolute Gasteiger partial charge is 0.387 e. The zero-order valence-corrected chi connectivity index (χ0v) is 19.2. The number of imidazole rings is 1. The number of nitrogens with one attached hydrogen (secondary N) is 1. The normalized spacial score (nSPS) is 15.1. The van der Waals surface area contributed by atoms with E-state index < -0.39 is 16.6 Å². The Hall–Kier alpha value is -3.09. The number of rotatable bonds is 8. The zero-order valence-electron chi connectivity index (χ0n) is 18.4. The fourth-order valence-corrected chi connectivity index (χ4v) is 5.15. The number of alkyl halides is 2. The number of carbonyl (C=O) groups excluding carboxylic acids is 1. The molecule has 9 nitrogen and oxygen atoms in total. The number of anilines is 1. The van der Waals surface area contributed by atoms with E-state index in [4.69, 9.17) is 4.74 Å². The molecule has 0 atom stereocenters. The van der Waals surface area contributed by atoms with E-state index in [1.807, 2.05) is 4.57 Å². The molecule has 1 aliphatic heterocycles. The van der Waals surface area contributed by atoms with Crippen LogP contribution in [-0.2, 0) is 33.0 Å². The van der Waals surface area contributed by atoms with Crippen molar-refractivity contribution in [3.05, 3.63) is 48.3 Å². The van der Waals surface area contributed by atoms with Crippen LogP contribution in [0.25, 0.3) is 11.0 Å². The number of aryl methyl sites for hydroxylation is 2. The molecule has 0 saturated carbocycles. The number of hydrogen-bond acceptors (Lipinski definition) is 6. The van der Waals surface area contributed by atoms with E-state index in [-0.39, 0.29) is 23.0 Å². The first-order valence-corrected chi connectivity index (χ1v) is 12.1. The summed E-state index contributed by atoms with van der Waals surface area (Å²) in [4.78, 5) is 17.0. The van der Waals surface area contributed by atoms with Gasteiger partial charge in [0.1, 0.15) is 11.6 Å². The number of ether oxygens (including phenoxy) is 2. The Labute approximate surface area is 195 Å². The number of hydrogen-bond donors (Lipinski definition) is 1. The van der Waals surface area contributed by atoms with Crippen LogP contribution in [0.5, 0.6) is 5.75 Å². The predicted octanol–water partition coefficient (Wildman–Crippen LogP) is 2.77. The highest BCUT2D eigenvalue weighted by atomic mass is 32.2. The summed E-state index contributed by atoms with van der Waals surface area (Å²) in [7, 11) is -1.83. The van der Waals surface area contributed by atoms with Crippen LogP contribution in [0, 0.1) is 0 Å². The molecule has 1 aliphatic rings. The minimum atomic E-state index is -3.64. The number of benzene rings is 2. The van der Waals surface area contributed by atoms with Crippen LogP contribution >= 0.6 is 0 Å². The summed E-state index contributed by atoms with van der Waals surface area (Å²) in [5.74, 6) is 0.361. The number of morpholine rings is 1. The Balaban J connectivity index is 1.42. The van der Waals surface area contributed by atoms with Crippen molar-refractivity contribution in [3.8, 4) is 5.75 Å². The first-order valence-electron chi connectivity index (χ1n) is 10.6. The standard InChI is InChI=1S/C22H24F2N4O5S/c1-27-19-7-6-17(34(30,31)28-10-12-32-13-11-28)14-18(19)26-20(27)8-9-21(29)25-15-2-4-16(5-3-15)33-22(23)24/h2-7,14,22H,8-13H2,1H3,(H,25,29). The lowest BCUT2D eigenvalue weighted by Gasteiger charge is -2.26. The van der Waals surface area contributed by atoms with Gasteiger partial charge in [-0.1, -0.05) is 0 Å². The van der Waals surface area contributed by atoms with Gasteiger partial charge in [-0.3, -0.25) is 4.79 Å². The van der Waals surface area contributed by atoms with Crippen molar-refractivity contribution in [1.29, 1.82) is 0 Å². The number of amides is 1. The molecule has 0 unspecified atom stereocenters. The second-order valence-corrected chi connectivity index (χ2v) is 9.64. The fraction of sp³-hybridized carbons (Fsp3) is 0.364. The molecule has 2 aromatic carbocycles. The van der Waals surface area contributed by atoms with E-state index >= 15 is 0 Å². The van der Waals surface area contributed by atoms with Gasteiger partial charge in [0.15, 0.2) is 0 Å². The van der Waals surface area contributed by atoms with Gasteiger partial charge in [-0.25, -0.2) is 13.4 Å². The van der Waals surface area contributed by atoms with Gasteiger partial charge >= 0.3 is 6.61 Å². The summed E-state index contributed by atoms with van der Waals surface area (Å²) < 4.78 is 63.1. The average molecular weight is 495 g/mol. The molecule has 182 valence electrons. The minimum Gasteiger partial charge on any atom is -0.435 e. The lowest BCUT2D eigenvalue weighted by Crippen LogP contribution is -2.40. The largest absolute Gasteiger partial charge is 0.435 e. The number of fused-ring (bicyclic) bond motifs is 1. The maximum atomic E-state index is 12.9. The highest BCUT2D eigenvalue weighted by molar-refractivity contribution is 7.89. The number of carbonyl (C=O) groups is 1. The van der Waals surface area contributed by atoms with Crippen molar-refractivity contribution in [1.82, 2.24) is 13.9 Å². The first kappa shape index (κ1) is 24.0. The lowest BCUT2D eigenvalue weighted by atomic mass is 10.2. The van der Waals surface area contributed by atoms with Crippen LogP contribution < -0.4 is 10.1 Å². The Morgan fingerprint density at radius 1 is 1.18 bits per heavy atom. The van der Waals surface area contributed by atoms with Gasteiger partial charge in [0.2, 0.25) is 15.9 Å². The monoisotopic (exact) mass is 494 g/mol. The molecule has 1 fully saturated rings. The summed E-state index contributed by atoms with van der Waals surface area (Å²) in [6.45, 7) is -1.56. The fourth-order valence-electron chi connectivity index (χ4n) is 3.72. The molecule has 12 heteroatoms. The van der Waals surface area contributed by atoms with E-state index in [1.54, 1.807) is 25.2 Å². The highest BCUT2D eigenvalue weighted by Gasteiger charge is 2.27. The van der Waals surface area contributed by atoms with Gasteiger partial charge in [0.05, 0.1) is 29.1 Å². The Kier molecular flexibility index (Phi) is 7.10. The molecule has 2 heterocycles. The molecule has 0 aliphatic carbocycles. The zero-order chi connectivity index (χ0) is 24.3. The summed E-state index contributed by atoms with van der Waals surface area (Å²) in [6.07, 6.45) is 0.459. The number of halogens is 2. The van der Waals surface area contributed by atoms with E-state index in [1.165, 1.54) is 28.6 Å². The Morgan fingerprint density at radius 3 is 2.56 bits per heavy atom. The molecule has 0 radical (unpaired) electrons. The summed E-state index contributed by atoms with van der Waals surface area (Å²) in [6, 6.07) is 10.5. The third-order valence-electron chi connectivity index (χ3n) is 5.49. The predicted molar refractivity (Wildman–Crippen MR) is 120 cm³/mol. The second kappa shape index (κ2) is 10.0. The van der Waals surface area contributed by atoms with Crippen molar-refractivity contribution in [2.24, 2.45) is 7.05 Å². The van der Waals surface area contributed by atoms with Crippen molar-refractivity contribution < 1.29 is 31.5 Å². The molecule has 1 saturated heterocycles. The molecule has 1 N–H and O–H groups in total. The van der Waals surface area contributed by atoms with Gasteiger partial charge in [-0.15, -0.1) is 0 Å². The molecule has 0 spiro atoms. The molecule has 3 aromatic rings. The number of nitrogens with zero attached hydrogens (tertiary/aromatic N) is 3. The highest BCUT2D eigenvalue weighted by Crippen LogP contribution is 2.24. The summed E-state index contributed by atoms with van der Waals surface area (Å²) in [5.41, 5.74) is 1.74. The van der Waals surface area contributed by atoms with E-state index in [2.05, 4.69) is 15.0 Å². The van der Waals surface area contributed by atoms with E-state index in [9.17, 15) is 22.0 Å². The number of aromatic nitrogens is 2. The van der Waals surface area contributed by atoms with Crippen molar-refractivity contribution in [2.75, 3.05) is 31.6 Å². The lowest BCUT2D eigenvalue weighted by molar-refractivity contribution is -0.116. The van der Waals surface area contributed by atoms with Crippen LogP contribution in [0.15, 0.2) is 47.4 Å². The van der Waals surface area contributed by atoms with Gasteiger partial charge in [0.25, 0.3) is 0 Å². The van der Waals surface area contributed by atoms with Gasteiger partial charge < -0.3 is 19.4 Å². The average Bonchev–Trinajstić information content (AvgIpc) is 3.14. The molecular formula is C22H24F2N4O5S. The quantitative estimate of drug-likeness (QED) is 0.517. The Morgan fingerprint density at radius 2 is 1.88 bits per heavy atom. The summed E-state index contributed by atoms with van der Waals surface area (Å²) in [5, 5.41) is 2.70. The maximum absolute atomic E-state index is 12.9. The van der Waals surface area contributed by atoms with E-state index in [0.717, 1.165) is 5.52 Å². The van der Waals surface area contributed by atoms with Crippen LogP contribution in [0.3, 0.4) is 0 Å². The maximum Gasteiger partial charge on any atom is 0.387 e. The van der Waals surface area contributed by atoms with Crippen molar-refractivity contribution >= 4 is 32.7 Å².